The van der Waals surface area contributed by atoms with E-state index in [4.69, 9.17) is 0 Å². The Hall–Kier alpha value is -0.0800. The summed E-state index contributed by atoms with van der Waals surface area (Å²) < 4.78 is 0. The maximum atomic E-state index is 3.26. The average molecular weight is 242 g/mol. The third kappa shape index (κ3) is 15.9. The third-order valence-corrected chi connectivity index (χ3v) is 3.05. The van der Waals surface area contributed by atoms with Gasteiger partial charge in [-0.25, -0.2) is 0 Å². The van der Waals surface area contributed by atoms with Crippen molar-refractivity contribution in [2.24, 2.45) is 0 Å². The molecule has 0 saturated heterocycles. The maximum Gasteiger partial charge on any atom is 0.0156 e. The van der Waals surface area contributed by atoms with Crippen molar-refractivity contribution in [3.8, 4) is 0 Å². The fraction of sp³-hybridized carbons (Fsp3) is 1.00. The first-order chi connectivity index (χ1) is 8.27. The Labute approximate surface area is 109 Å². The lowest BCUT2D eigenvalue weighted by Gasteiger charge is -2.09. The van der Waals surface area contributed by atoms with Crippen LogP contribution in [0.25, 0.3) is 0 Å². The molecule has 2 nitrogen and oxygen atoms in total. The molecule has 0 radical (unpaired) electrons. The number of rotatable bonds is 13. The van der Waals surface area contributed by atoms with Gasteiger partial charge in [-0.2, -0.15) is 0 Å². The van der Waals surface area contributed by atoms with Crippen molar-refractivity contribution in [2.45, 2.75) is 91.0 Å². The van der Waals surface area contributed by atoms with E-state index in [1.165, 1.54) is 64.2 Å². The molecule has 0 spiro atoms. The van der Waals surface area contributed by atoms with E-state index in [2.05, 4.69) is 31.6 Å². The van der Waals surface area contributed by atoms with Gasteiger partial charge in [-0.15, -0.1) is 0 Å². The monoisotopic (exact) mass is 242 g/mol. The molecule has 0 aromatic carbocycles. The molecule has 0 rings (SSSR count). The van der Waals surface area contributed by atoms with Gasteiger partial charge in [-0.3, -0.25) is 10.9 Å². The molecule has 104 valence electrons. The van der Waals surface area contributed by atoms with Crippen LogP contribution in [0.3, 0.4) is 0 Å². The van der Waals surface area contributed by atoms with Crippen LogP contribution in [0.4, 0.5) is 0 Å². The third-order valence-electron chi connectivity index (χ3n) is 3.05. The van der Waals surface area contributed by atoms with E-state index in [-0.39, 0.29) is 0 Å². The second kappa shape index (κ2) is 14.0. The molecule has 0 aromatic rings. The van der Waals surface area contributed by atoms with Crippen molar-refractivity contribution >= 4 is 0 Å². The molecule has 0 aliphatic heterocycles. The zero-order chi connectivity index (χ0) is 12.8. The highest BCUT2D eigenvalue weighted by Gasteiger charge is 1.93. The van der Waals surface area contributed by atoms with E-state index in [1.807, 2.05) is 0 Å². The first-order valence-electron chi connectivity index (χ1n) is 7.75. The maximum absolute atomic E-state index is 3.26. The number of hydrogen-bond acceptors (Lipinski definition) is 2. The van der Waals surface area contributed by atoms with Crippen molar-refractivity contribution in [3.05, 3.63) is 0 Å². The Morgan fingerprint density at radius 2 is 1.18 bits per heavy atom. The molecule has 0 aliphatic rings. The van der Waals surface area contributed by atoms with Gasteiger partial charge in [0.15, 0.2) is 0 Å². The van der Waals surface area contributed by atoms with E-state index in [1.54, 1.807) is 0 Å². The summed E-state index contributed by atoms with van der Waals surface area (Å²) in [7, 11) is 0. The first-order valence-corrected chi connectivity index (χ1v) is 7.75. The molecule has 0 atom stereocenters. The molecule has 0 amide bonds. The van der Waals surface area contributed by atoms with E-state index in [9.17, 15) is 0 Å². The molecule has 2 N–H and O–H groups in total. The molecule has 0 fully saturated rings. The predicted molar refractivity (Wildman–Crippen MR) is 78.1 cm³/mol. The summed E-state index contributed by atoms with van der Waals surface area (Å²) in [6.45, 7) is 7.70. The summed E-state index contributed by atoms with van der Waals surface area (Å²) in [5, 5.41) is 0. The minimum absolute atomic E-state index is 0.540. The van der Waals surface area contributed by atoms with Crippen molar-refractivity contribution in [1.29, 1.82) is 0 Å². The molecule has 0 saturated carbocycles. The fourth-order valence-electron chi connectivity index (χ4n) is 1.98. The van der Waals surface area contributed by atoms with E-state index < -0.39 is 0 Å². The van der Waals surface area contributed by atoms with Gasteiger partial charge in [0.25, 0.3) is 0 Å². The smallest absolute Gasteiger partial charge is 0.0156 e. The van der Waals surface area contributed by atoms with Crippen molar-refractivity contribution in [1.82, 2.24) is 10.9 Å². The van der Waals surface area contributed by atoms with Crippen LogP contribution in [0.2, 0.25) is 0 Å². The van der Waals surface area contributed by atoms with Crippen LogP contribution in [-0.2, 0) is 0 Å². The van der Waals surface area contributed by atoms with Crippen LogP contribution in [0.15, 0.2) is 0 Å². The second-order valence-corrected chi connectivity index (χ2v) is 5.41. The number of nitrogens with one attached hydrogen (secondary N) is 2. The summed E-state index contributed by atoms with van der Waals surface area (Å²) >= 11 is 0. The lowest BCUT2D eigenvalue weighted by Crippen LogP contribution is -2.37. The van der Waals surface area contributed by atoms with E-state index in [0.29, 0.717) is 6.04 Å². The Bertz CT molecular complexity index is 135. The van der Waals surface area contributed by atoms with Crippen LogP contribution in [-0.4, -0.2) is 12.6 Å². The summed E-state index contributed by atoms with van der Waals surface area (Å²) in [5.74, 6) is 0. The summed E-state index contributed by atoms with van der Waals surface area (Å²) in [4.78, 5) is 0. The highest BCUT2D eigenvalue weighted by atomic mass is 15.4. The SMILES string of the molecule is CCCCCCCCCCCCNNC(C)C. The number of unbranched alkanes of at least 4 members (excludes halogenated alkanes) is 9. The van der Waals surface area contributed by atoms with Gasteiger partial charge in [-0.05, 0) is 20.3 Å². The van der Waals surface area contributed by atoms with Gasteiger partial charge in [0, 0.05) is 12.6 Å². The molecule has 2 heteroatoms. The summed E-state index contributed by atoms with van der Waals surface area (Å²) in [6.07, 6.45) is 14.1. The molecule has 17 heavy (non-hydrogen) atoms. The Balaban J connectivity index is 2.89. The fourth-order valence-corrected chi connectivity index (χ4v) is 1.98. The quantitative estimate of drug-likeness (QED) is 0.369. The highest BCUT2D eigenvalue weighted by molar-refractivity contribution is 4.50. The zero-order valence-electron chi connectivity index (χ0n) is 12.4. The van der Waals surface area contributed by atoms with Gasteiger partial charge in [0.1, 0.15) is 0 Å². The Morgan fingerprint density at radius 3 is 1.65 bits per heavy atom. The standard InChI is InChI=1S/C15H34N2/c1-4-5-6-7-8-9-10-11-12-13-14-16-17-15(2)3/h15-17H,4-14H2,1-3H3. The lowest BCUT2D eigenvalue weighted by atomic mass is 10.1. The normalized spacial score (nSPS) is 11.3. The summed E-state index contributed by atoms with van der Waals surface area (Å²) in [6, 6.07) is 0.540. The number of hydrazine groups is 1. The molecule has 0 bridgehead atoms. The van der Waals surface area contributed by atoms with Crippen molar-refractivity contribution < 1.29 is 0 Å². The van der Waals surface area contributed by atoms with Crippen molar-refractivity contribution in [3.63, 3.8) is 0 Å². The van der Waals surface area contributed by atoms with Gasteiger partial charge in [0.05, 0.1) is 0 Å². The Kier molecular flexibility index (Phi) is 13.9. The van der Waals surface area contributed by atoms with Gasteiger partial charge in [-0.1, -0.05) is 64.7 Å². The van der Waals surface area contributed by atoms with Crippen LogP contribution in [0.5, 0.6) is 0 Å². The minimum Gasteiger partial charge on any atom is -0.258 e. The van der Waals surface area contributed by atoms with Gasteiger partial charge >= 0.3 is 0 Å². The van der Waals surface area contributed by atoms with Crippen LogP contribution in [0.1, 0.15) is 85.0 Å². The van der Waals surface area contributed by atoms with Gasteiger partial charge in [0.2, 0.25) is 0 Å². The lowest BCUT2D eigenvalue weighted by molar-refractivity contribution is 0.455. The van der Waals surface area contributed by atoms with Crippen molar-refractivity contribution in [2.75, 3.05) is 6.54 Å². The second-order valence-electron chi connectivity index (χ2n) is 5.41. The molecule has 0 heterocycles. The largest absolute Gasteiger partial charge is 0.258 e. The van der Waals surface area contributed by atoms with E-state index >= 15 is 0 Å². The average Bonchev–Trinajstić information content (AvgIpc) is 2.30. The zero-order valence-corrected chi connectivity index (χ0v) is 12.4. The van der Waals surface area contributed by atoms with E-state index in [0.717, 1.165) is 6.54 Å². The van der Waals surface area contributed by atoms with Crippen LogP contribution >= 0.6 is 0 Å². The first kappa shape index (κ1) is 16.9. The van der Waals surface area contributed by atoms with Gasteiger partial charge < -0.3 is 0 Å². The molecule has 0 aromatic heterocycles. The molecular weight excluding hydrogens is 208 g/mol. The molecule has 0 unspecified atom stereocenters. The minimum atomic E-state index is 0.540. The highest BCUT2D eigenvalue weighted by Crippen LogP contribution is 2.10. The summed E-state index contributed by atoms with van der Waals surface area (Å²) in [5.41, 5.74) is 6.49. The topological polar surface area (TPSA) is 24.1 Å². The molecular formula is C15H34N2. The van der Waals surface area contributed by atoms with Crippen LogP contribution < -0.4 is 10.9 Å². The predicted octanol–water partition coefficient (Wildman–Crippen LogP) is 4.41. The number of hydrogen-bond donors (Lipinski definition) is 2. The van der Waals surface area contributed by atoms with Crippen LogP contribution in [0, 0.1) is 0 Å². The molecule has 0 aliphatic carbocycles. The Morgan fingerprint density at radius 1 is 0.706 bits per heavy atom.